The van der Waals surface area contributed by atoms with Crippen LogP contribution in [0, 0.1) is 5.92 Å². The maximum absolute atomic E-state index is 13.9. The van der Waals surface area contributed by atoms with Gasteiger partial charge in [-0.15, -0.1) is 0 Å². The first kappa shape index (κ1) is 25.4. The second-order valence-electron chi connectivity index (χ2n) is 10.9. The number of urea groups is 1. The van der Waals surface area contributed by atoms with E-state index in [0.29, 0.717) is 18.7 Å². The number of hydrogen-bond donors (Lipinski definition) is 2. The Morgan fingerprint density at radius 1 is 1.05 bits per heavy atom. The summed E-state index contributed by atoms with van der Waals surface area (Å²) < 4.78 is 1.80. The number of benzene rings is 2. The first-order valence-corrected chi connectivity index (χ1v) is 14.1. The van der Waals surface area contributed by atoms with E-state index in [4.69, 9.17) is 0 Å². The van der Waals surface area contributed by atoms with E-state index < -0.39 is 0 Å². The molecular weight excluding hydrogens is 490 g/mol. The molecular formula is C30H37N7O2. The SMILES string of the molecule is CCc1cc(C(=O)N2Cc3cnn(C)c3Nc3ccccc32)ccc1CNC(=O)N1CCN(CC2CC2)CC1. The Kier molecular flexibility index (Phi) is 6.99. The molecule has 3 aromatic rings. The van der Waals surface area contributed by atoms with Crippen molar-refractivity contribution >= 4 is 29.1 Å². The molecule has 39 heavy (non-hydrogen) atoms. The second-order valence-corrected chi connectivity index (χ2v) is 10.9. The van der Waals surface area contributed by atoms with Crippen molar-refractivity contribution in [1.82, 2.24) is 24.9 Å². The van der Waals surface area contributed by atoms with Gasteiger partial charge in [-0.2, -0.15) is 5.10 Å². The van der Waals surface area contributed by atoms with E-state index in [1.165, 1.54) is 19.4 Å². The molecule has 0 bridgehead atoms. The van der Waals surface area contributed by atoms with Crippen LogP contribution in [0.2, 0.25) is 0 Å². The molecule has 3 aliphatic rings. The van der Waals surface area contributed by atoms with E-state index in [2.05, 4.69) is 27.6 Å². The first-order chi connectivity index (χ1) is 19.0. The zero-order valence-electron chi connectivity index (χ0n) is 22.8. The Hall–Kier alpha value is -3.85. The quantitative estimate of drug-likeness (QED) is 0.504. The van der Waals surface area contributed by atoms with Gasteiger partial charge in [0.25, 0.3) is 5.91 Å². The number of fused-ring (bicyclic) bond motifs is 2. The van der Waals surface area contributed by atoms with Gasteiger partial charge >= 0.3 is 6.03 Å². The number of aromatic nitrogens is 2. The number of para-hydroxylation sites is 2. The Balaban J connectivity index is 1.14. The van der Waals surface area contributed by atoms with Crippen LogP contribution in [0.5, 0.6) is 0 Å². The molecule has 9 nitrogen and oxygen atoms in total. The monoisotopic (exact) mass is 527 g/mol. The third-order valence-corrected chi connectivity index (χ3v) is 8.17. The normalized spacial score (nSPS) is 17.2. The van der Waals surface area contributed by atoms with E-state index >= 15 is 0 Å². The molecule has 0 radical (unpaired) electrons. The summed E-state index contributed by atoms with van der Waals surface area (Å²) in [5.41, 5.74) is 5.42. The van der Waals surface area contributed by atoms with Gasteiger partial charge < -0.3 is 20.4 Å². The van der Waals surface area contributed by atoms with Gasteiger partial charge in [-0.3, -0.25) is 14.4 Å². The minimum atomic E-state index is -0.0599. The fourth-order valence-corrected chi connectivity index (χ4v) is 5.64. The van der Waals surface area contributed by atoms with Gasteiger partial charge in [0.1, 0.15) is 5.82 Å². The molecule has 1 saturated carbocycles. The van der Waals surface area contributed by atoms with E-state index in [0.717, 1.165) is 72.4 Å². The summed E-state index contributed by atoms with van der Waals surface area (Å²) in [7, 11) is 1.89. The smallest absolute Gasteiger partial charge is 0.317 e. The average Bonchev–Trinajstić information content (AvgIpc) is 3.75. The van der Waals surface area contributed by atoms with Crippen LogP contribution in [0.15, 0.2) is 48.7 Å². The maximum Gasteiger partial charge on any atom is 0.317 e. The van der Waals surface area contributed by atoms with Crippen LogP contribution in [0.4, 0.5) is 22.0 Å². The number of nitrogens with zero attached hydrogens (tertiary/aromatic N) is 5. The molecule has 2 fully saturated rings. The summed E-state index contributed by atoms with van der Waals surface area (Å²) >= 11 is 0. The number of aryl methyl sites for hydroxylation is 2. The molecule has 0 unspecified atom stereocenters. The molecule has 1 aliphatic carbocycles. The summed E-state index contributed by atoms with van der Waals surface area (Å²) in [6.07, 6.45) is 5.30. The van der Waals surface area contributed by atoms with Crippen LogP contribution in [-0.4, -0.2) is 64.2 Å². The summed E-state index contributed by atoms with van der Waals surface area (Å²) in [4.78, 5) is 33.0. The standard InChI is InChI=1S/C30H37N7O2/c1-3-22-16-23(10-11-24(22)17-31-30(39)36-14-12-35(13-15-36)19-21-8-9-21)29(38)37-20-25-18-32-34(2)28(25)33-26-6-4-5-7-27(26)37/h4-7,10-11,16,18,21,33H,3,8-9,12-15,17,19-20H2,1-2H3,(H,31,39). The summed E-state index contributed by atoms with van der Waals surface area (Å²) in [6, 6.07) is 13.7. The number of piperazine rings is 1. The van der Waals surface area contributed by atoms with Crippen molar-refractivity contribution in [2.45, 2.75) is 39.3 Å². The molecule has 9 heteroatoms. The van der Waals surface area contributed by atoms with Crippen LogP contribution < -0.4 is 15.5 Å². The van der Waals surface area contributed by atoms with Crippen LogP contribution in [0.1, 0.15) is 46.8 Å². The number of rotatable bonds is 6. The van der Waals surface area contributed by atoms with Crippen LogP contribution in [0.25, 0.3) is 0 Å². The molecule has 0 spiro atoms. The zero-order chi connectivity index (χ0) is 26.9. The van der Waals surface area contributed by atoms with Gasteiger partial charge in [0, 0.05) is 57.4 Å². The highest BCUT2D eigenvalue weighted by Crippen LogP contribution is 2.36. The number of nitrogens with one attached hydrogen (secondary N) is 2. The number of hydrogen-bond acceptors (Lipinski definition) is 5. The molecule has 0 atom stereocenters. The number of carbonyl (C=O) groups is 2. The largest absolute Gasteiger partial charge is 0.338 e. The zero-order valence-corrected chi connectivity index (χ0v) is 22.8. The van der Waals surface area contributed by atoms with Gasteiger partial charge in [-0.1, -0.05) is 25.1 Å². The summed E-state index contributed by atoms with van der Waals surface area (Å²) in [5.74, 6) is 1.71. The van der Waals surface area contributed by atoms with E-state index in [1.54, 1.807) is 4.68 Å². The summed E-state index contributed by atoms with van der Waals surface area (Å²) in [5, 5.41) is 10.9. The first-order valence-electron chi connectivity index (χ1n) is 14.1. The van der Waals surface area contributed by atoms with Crippen molar-refractivity contribution < 1.29 is 9.59 Å². The fraction of sp³-hybridized carbons (Fsp3) is 0.433. The third-order valence-electron chi connectivity index (χ3n) is 8.17. The summed E-state index contributed by atoms with van der Waals surface area (Å²) in [6.45, 7) is 7.61. The molecule has 3 heterocycles. The minimum Gasteiger partial charge on any atom is -0.338 e. The van der Waals surface area contributed by atoms with Gasteiger partial charge in [0.2, 0.25) is 0 Å². The van der Waals surface area contributed by atoms with Crippen LogP contribution in [-0.2, 0) is 26.6 Å². The number of carbonyl (C=O) groups excluding carboxylic acids is 2. The topological polar surface area (TPSA) is 85.7 Å². The minimum absolute atomic E-state index is 0.00998. The van der Waals surface area contributed by atoms with Gasteiger partial charge in [0.05, 0.1) is 24.1 Å². The Bertz CT molecular complexity index is 1370. The van der Waals surface area contributed by atoms with E-state index in [-0.39, 0.29) is 11.9 Å². The highest BCUT2D eigenvalue weighted by atomic mass is 16.2. The molecule has 2 N–H and O–H groups in total. The Morgan fingerprint density at radius 3 is 2.62 bits per heavy atom. The van der Waals surface area contributed by atoms with Crippen molar-refractivity contribution in [2.24, 2.45) is 13.0 Å². The van der Waals surface area contributed by atoms with Crippen molar-refractivity contribution in [3.8, 4) is 0 Å². The van der Waals surface area contributed by atoms with Crippen molar-refractivity contribution in [1.29, 1.82) is 0 Å². The van der Waals surface area contributed by atoms with E-state index in [1.807, 2.05) is 65.5 Å². The average molecular weight is 528 g/mol. The Labute approximate surface area is 229 Å². The fourth-order valence-electron chi connectivity index (χ4n) is 5.64. The van der Waals surface area contributed by atoms with E-state index in [9.17, 15) is 9.59 Å². The molecule has 1 aromatic heterocycles. The maximum atomic E-state index is 13.9. The number of anilines is 3. The third kappa shape index (κ3) is 5.36. The van der Waals surface area contributed by atoms with Crippen LogP contribution >= 0.6 is 0 Å². The molecule has 2 aliphatic heterocycles. The lowest BCUT2D eigenvalue weighted by atomic mass is 10.0. The van der Waals surface area contributed by atoms with Crippen LogP contribution in [0.3, 0.4) is 0 Å². The van der Waals surface area contributed by atoms with Crippen molar-refractivity contribution in [3.05, 3.63) is 70.9 Å². The molecule has 6 rings (SSSR count). The predicted octanol–water partition coefficient (Wildman–Crippen LogP) is 4.12. The lowest BCUT2D eigenvalue weighted by Gasteiger charge is -2.34. The molecule has 3 amide bonds. The number of amides is 3. The highest BCUT2D eigenvalue weighted by molar-refractivity contribution is 6.08. The molecule has 1 saturated heterocycles. The predicted molar refractivity (Wildman–Crippen MR) is 152 cm³/mol. The second kappa shape index (κ2) is 10.7. The highest BCUT2D eigenvalue weighted by Gasteiger charge is 2.29. The van der Waals surface area contributed by atoms with Crippen molar-refractivity contribution in [3.63, 3.8) is 0 Å². The van der Waals surface area contributed by atoms with Gasteiger partial charge in [-0.25, -0.2) is 4.79 Å². The lowest BCUT2D eigenvalue weighted by Crippen LogP contribution is -2.51. The van der Waals surface area contributed by atoms with Gasteiger partial charge in [0.15, 0.2) is 0 Å². The van der Waals surface area contributed by atoms with Crippen molar-refractivity contribution in [2.75, 3.05) is 42.9 Å². The van der Waals surface area contributed by atoms with Gasteiger partial charge in [-0.05, 0) is 60.6 Å². The molecule has 204 valence electrons. The molecule has 2 aromatic carbocycles. The Morgan fingerprint density at radius 2 is 1.85 bits per heavy atom. The lowest BCUT2D eigenvalue weighted by molar-refractivity contribution is 0.0985.